The second kappa shape index (κ2) is 6.38. The average molecular weight is 268 g/mol. The van der Waals surface area contributed by atoms with Crippen LogP contribution in [0.2, 0.25) is 0 Å². The zero-order valence-electron chi connectivity index (χ0n) is 11.5. The third kappa shape index (κ3) is 3.57. The number of rotatable bonds is 7. The molecule has 0 saturated carbocycles. The lowest BCUT2D eigenvalue weighted by Crippen LogP contribution is -2.40. The fourth-order valence-corrected chi connectivity index (χ4v) is 1.87. The number of methoxy groups -OCH3 is 1. The maximum Gasteiger partial charge on any atom is 0.275 e. The minimum Gasteiger partial charge on any atom is -0.496 e. The lowest BCUT2D eigenvalue weighted by atomic mass is 9.93. The van der Waals surface area contributed by atoms with Crippen LogP contribution >= 0.6 is 0 Å². The Morgan fingerprint density at radius 1 is 1.37 bits per heavy atom. The summed E-state index contributed by atoms with van der Waals surface area (Å²) in [6, 6.07) is 4.49. The minimum atomic E-state index is -0.472. The Hall–Kier alpha value is -1.82. The molecule has 0 aliphatic rings. The summed E-state index contributed by atoms with van der Waals surface area (Å²) in [6.07, 6.45) is 1.43. The first kappa shape index (κ1) is 15.2. The minimum absolute atomic E-state index is 0.0367. The Labute approximate surface area is 112 Å². The summed E-state index contributed by atoms with van der Waals surface area (Å²) in [5.41, 5.74) is 0.0601. The van der Waals surface area contributed by atoms with Gasteiger partial charge in [-0.15, -0.1) is 0 Å². The number of nitro benzene ring substituents is 1. The van der Waals surface area contributed by atoms with E-state index in [0.29, 0.717) is 24.3 Å². The fourth-order valence-electron chi connectivity index (χ4n) is 1.87. The number of aliphatic hydroxyl groups is 1. The van der Waals surface area contributed by atoms with Gasteiger partial charge in [0.2, 0.25) is 0 Å². The standard InChI is InChI=1S/C13H20N2O4/c1-4-13(5-2,9-16)14-10-6-11(15(17)18)8-12(7-10)19-3/h6-8,14,16H,4-5,9H2,1-3H3. The van der Waals surface area contributed by atoms with E-state index in [0.717, 1.165) is 0 Å². The highest BCUT2D eigenvalue weighted by Gasteiger charge is 2.25. The molecule has 0 spiro atoms. The maximum atomic E-state index is 10.9. The Balaban J connectivity index is 3.12. The molecule has 0 atom stereocenters. The number of non-ortho nitro benzene ring substituents is 1. The molecule has 0 saturated heterocycles. The maximum absolute atomic E-state index is 10.9. The number of hydrogen-bond acceptors (Lipinski definition) is 5. The van der Waals surface area contributed by atoms with Crippen LogP contribution in [-0.2, 0) is 0 Å². The zero-order chi connectivity index (χ0) is 14.5. The number of aliphatic hydroxyl groups excluding tert-OH is 1. The van der Waals surface area contributed by atoms with Crippen LogP contribution in [0.3, 0.4) is 0 Å². The molecular formula is C13H20N2O4. The molecule has 0 amide bonds. The van der Waals surface area contributed by atoms with Crippen molar-refractivity contribution >= 4 is 11.4 Å². The number of nitrogens with one attached hydrogen (secondary N) is 1. The summed E-state index contributed by atoms with van der Waals surface area (Å²) < 4.78 is 5.05. The van der Waals surface area contributed by atoms with E-state index >= 15 is 0 Å². The van der Waals surface area contributed by atoms with Crippen molar-refractivity contribution in [2.45, 2.75) is 32.2 Å². The molecule has 0 unspecified atom stereocenters. The SMILES string of the molecule is CCC(CC)(CO)Nc1cc(OC)cc([N+](=O)[O-])c1. The average Bonchev–Trinajstić information content (AvgIpc) is 2.44. The molecular weight excluding hydrogens is 248 g/mol. The Bertz CT molecular complexity index is 436. The van der Waals surface area contributed by atoms with Crippen LogP contribution in [-0.4, -0.2) is 29.3 Å². The van der Waals surface area contributed by atoms with Crippen LogP contribution in [0.1, 0.15) is 26.7 Å². The molecule has 0 aromatic heterocycles. The first-order valence-electron chi connectivity index (χ1n) is 6.22. The third-order valence-electron chi connectivity index (χ3n) is 3.40. The summed E-state index contributed by atoms with van der Waals surface area (Å²) >= 11 is 0. The van der Waals surface area contributed by atoms with Gasteiger partial charge in [0, 0.05) is 17.8 Å². The normalized spacial score (nSPS) is 11.2. The molecule has 1 rings (SSSR count). The smallest absolute Gasteiger partial charge is 0.275 e. The molecule has 6 heteroatoms. The van der Waals surface area contributed by atoms with Crippen molar-refractivity contribution < 1.29 is 14.8 Å². The van der Waals surface area contributed by atoms with Gasteiger partial charge in [0.15, 0.2) is 0 Å². The van der Waals surface area contributed by atoms with Gasteiger partial charge >= 0.3 is 0 Å². The van der Waals surface area contributed by atoms with Gasteiger partial charge in [-0.05, 0) is 12.8 Å². The van der Waals surface area contributed by atoms with E-state index in [2.05, 4.69) is 5.32 Å². The van der Waals surface area contributed by atoms with Crippen LogP contribution in [0, 0.1) is 10.1 Å². The highest BCUT2D eigenvalue weighted by molar-refractivity contribution is 5.57. The summed E-state index contributed by atoms with van der Waals surface area (Å²) in [5.74, 6) is 0.413. The summed E-state index contributed by atoms with van der Waals surface area (Å²) in [5, 5.41) is 23.6. The number of nitro groups is 1. The molecule has 1 aromatic carbocycles. The van der Waals surface area contributed by atoms with Gasteiger partial charge in [0.1, 0.15) is 5.75 Å². The van der Waals surface area contributed by atoms with Crippen molar-refractivity contribution in [3.05, 3.63) is 28.3 Å². The van der Waals surface area contributed by atoms with Crippen molar-refractivity contribution in [2.75, 3.05) is 19.0 Å². The molecule has 0 bridgehead atoms. The lowest BCUT2D eigenvalue weighted by Gasteiger charge is -2.32. The number of benzene rings is 1. The molecule has 0 aliphatic carbocycles. The highest BCUT2D eigenvalue weighted by atomic mass is 16.6. The van der Waals surface area contributed by atoms with Crippen LogP contribution in [0.4, 0.5) is 11.4 Å². The van der Waals surface area contributed by atoms with E-state index < -0.39 is 10.5 Å². The molecule has 0 aliphatic heterocycles. The largest absolute Gasteiger partial charge is 0.496 e. The third-order valence-corrected chi connectivity index (χ3v) is 3.40. The van der Waals surface area contributed by atoms with Gasteiger partial charge in [-0.3, -0.25) is 10.1 Å². The molecule has 2 N–H and O–H groups in total. The van der Waals surface area contributed by atoms with Gasteiger partial charge in [-0.2, -0.15) is 0 Å². The van der Waals surface area contributed by atoms with E-state index in [1.54, 1.807) is 6.07 Å². The van der Waals surface area contributed by atoms with E-state index in [4.69, 9.17) is 4.74 Å². The Morgan fingerprint density at radius 2 is 2.00 bits per heavy atom. The molecule has 1 aromatic rings. The lowest BCUT2D eigenvalue weighted by molar-refractivity contribution is -0.384. The predicted octanol–water partition coefficient (Wildman–Crippen LogP) is 2.57. The molecule has 0 fully saturated rings. The molecule has 106 valence electrons. The van der Waals surface area contributed by atoms with Crippen molar-refractivity contribution in [3.8, 4) is 5.75 Å². The second-order valence-corrected chi connectivity index (χ2v) is 4.45. The Kier molecular flexibility index (Phi) is 5.11. The van der Waals surface area contributed by atoms with E-state index in [9.17, 15) is 15.2 Å². The molecule has 0 radical (unpaired) electrons. The van der Waals surface area contributed by atoms with Gasteiger partial charge in [-0.25, -0.2) is 0 Å². The summed E-state index contributed by atoms with van der Waals surface area (Å²) in [4.78, 5) is 10.4. The van der Waals surface area contributed by atoms with Crippen LogP contribution in [0.25, 0.3) is 0 Å². The van der Waals surface area contributed by atoms with E-state index in [1.165, 1.54) is 19.2 Å². The number of nitrogens with zero attached hydrogens (tertiary/aromatic N) is 1. The molecule has 6 nitrogen and oxygen atoms in total. The highest BCUT2D eigenvalue weighted by Crippen LogP contribution is 2.29. The first-order valence-corrected chi connectivity index (χ1v) is 6.22. The number of hydrogen-bond donors (Lipinski definition) is 2. The van der Waals surface area contributed by atoms with Crippen molar-refractivity contribution in [3.63, 3.8) is 0 Å². The van der Waals surface area contributed by atoms with Crippen molar-refractivity contribution in [1.82, 2.24) is 0 Å². The summed E-state index contributed by atoms with van der Waals surface area (Å²) in [6.45, 7) is 3.88. The summed E-state index contributed by atoms with van der Waals surface area (Å²) in [7, 11) is 1.46. The van der Waals surface area contributed by atoms with Crippen molar-refractivity contribution in [1.29, 1.82) is 0 Å². The molecule has 0 heterocycles. The predicted molar refractivity (Wildman–Crippen MR) is 73.7 cm³/mol. The quantitative estimate of drug-likeness (QED) is 0.586. The van der Waals surface area contributed by atoms with E-state index in [1.807, 2.05) is 13.8 Å². The monoisotopic (exact) mass is 268 g/mol. The number of anilines is 1. The van der Waals surface area contributed by atoms with Gasteiger partial charge in [0.25, 0.3) is 5.69 Å². The first-order chi connectivity index (χ1) is 9.00. The van der Waals surface area contributed by atoms with Crippen LogP contribution in [0.5, 0.6) is 5.75 Å². The fraction of sp³-hybridized carbons (Fsp3) is 0.538. The van der Waals surface area contributed by atoms with Gasteiger partial charge < -0.3 is 15.2 Å². The Morgan fingerprint density at radius 3 is 2.42 bits per heavy atom. The number of ether oxygens (including phenoxy) is 1. The van der Waals surface area contributed by atoms with Crippen LogP contribution in [0.15, 0.2) is 18.2 Å². The zero-order valence-corrected chi connectivity index (χ0v) is 11.5. The van der Waals surface area contributed by atoms with Crippen molar-refractivity contribution in [2.24, 2.45) is 0 Å². The van der Waals surface area contributed by atoms with Gasteiger partial charge in [0.05, 0.1) is 30.2 Å². The second-order valence-electron chi connectivity index (χ2n) is 4.45. The van der Waals surface area contributed by atoms with Crippen LogP contribution < -0.4 is 10.1 Å². The van der Waals surface area contributed by atoms with Gasteiger partial charge in [-0.1, -0.05) is 13.8 Å². The topological polar surface area (TPSA) is 84.6 Å². The molecule has 19 heavy (non-hydrogen) atoms. The van der Waals surface area contributed by atoms with E-state index in [-0.39, 0.29) is 12.3 Å².